The van der Waals surface area contributed by atoms with Gasteiger partial charge in [0.1, 0.15) is 5.75 Å². The molecule has 13 heavy (non-hydrogen) atoms. The van der Waals surface area contributed by atoms with E-state index in [1.165, 1.54) is 14.0 Å². The van der Waals surface area contributed by atoms with Crippen molar-refractivity contribution in [1.29, 1.82) is 0 Å². The molecular formula is C10H10O3. The lowest BCUT2D eigenvalue weighted by Crippen LogP contribution is -2.02. The van der Waals surface area contributed by atoms with Crippen molar-refractivity contribution in [2.45, 2.75) is 6.92 Å². The Labute approximate surface area is 76.3 Å². The number of Topliss-reactive ketones (excluding diaryl/α,β-unsaturated/α-hetero) is 1. The fourth-order valence-electron chi connectivity index (χ4n) is 1.19. The van der Waals surface area contributed by atoms with Crippen LogP contribution in [0.5, 0.6) is 5.75 Å². The Hall–Kier alpha value is -1.64. The molecular weight excluding hydrogens is 168 g/mol. The van der Waals surface area contributed by atoms with E-state index in [4.69, 9.17) is 4.74 Å². The molecule has 3 nitrogen and oxygen atoms in total. The molecule has 0 spiro atoms. The maximum atomic E-state index is 11.2. The minimum atomic E-state index is -0.167. The average Bonchev–Trinajstić information content (AvgIpc) is 2.16. The third kappa shape index (κ3) is 1.75. The monoisotopic (exact) mass is 178 g/mol. The molecule has 0 aromatic heterocycles. The molecule has 0 atom stereocenters. The van der Waals surface area contributed by atoms with E-state index in [9.17, 15) is 9.59 Å². The molecule has 0 radical (unpaired) electrons. The number of benzene rings is 1. The summed E-state index contributed by atoms with van der Waals surface area (Å²) in [6.07, 6.45) is 0.652. The Kier molecular flexibility index (Phi) is 2.80. The van der Waals surface area contributed by atoms with Crippen molar-refractivity contribution >= 4 is 12.1 Å². The van der Waals surface area contributed by atoms with Crippen LogP contribution in [-0.2, 0) is 0 Å². The summed E-state index contributed by atoms with van der Waals surface area (Å²) in [5.41, 5.74) is 0.715. The quantitative estimate of drug-likeness (QED) is 0.522. The highest BCUT2D eigenvalue weighted by atomic mass is 16.5. The second-order valence-electron chi connectivity index (χ2n) is 2.60. The molecule has 0 fully saturated rings. The van der Waals surface area contributed by atoms with E-state index in [1.807, 2.05) is 0 Å². The molecule has 1 aromatic carbocycles. The van der Waals surface area contributed by atoms with E-state index in [-0.39, 0.29) is 5.78 Å². The third-order valence-electron chi connectivity index (χ3n) is 1.76. The summed E-state index contributed by atoms with van der Waals surface area (Å²) in [4.78, 5) is 21.8. The largest absolute Gasteiger partial charge is 0.496 e. The lowest BCUT2D eigenvalue weighted by atomic mass is 10.0. The molecule has 0 aliphatic rings. The molecule has 0 saturated carbocycles. The van der Waals surface area contributed by atoms with E-state index in [0.717, 1.165) is 0 Å². The number of ketones is 1. The Morgan fingerprint density at radius 1 is 1.46 bits per heavy atom. The van der Waals surface area contributed by atoms with Gasteiger partial charge in [-0.1, -0.05) is 12.1 Å². The molecule has 0 heterocycles. The highest BCUT2D eigenvalue weighted by Gasteiger charge is 2.11. The number of rotatable bonds is 3. The van der Waals surface area contributed by atoms with Gasteiger partial charge >= 0.3 is 0 Å². The van der Waals surface area contributed by atoms with Gasteiger partial charge in [-0.25, -0.2) is 0 Å². The van der Waals surface area contributed by atoms with Crippen LogP contribution in [0.1, 0.15) is 27.6 Å². The molecule has 0 unspecified atom stereocenters. The van der Waals surface area contributed by atoms with Crippen molar-refractivity contribution in [1.82, 2.24) is 0 Å². The Bertz CT molecular complexity index is 342. The summed E-state index contributed by atoms with van der Waals surface area (Å²) in [6.45, 7) is 1.41. The van der Waals surface area contributed by atoms with E-state index >= 15 is 0 Å². The van der Waals surface area contributed by atoms with Crippen LogP contribution in [0.15, 0.2) is 18.2 Å². The van der Waals surface area contributed by atoms with Gasteiger partial charge in [0.15, 0.2) is 12.1 Å². The molecule has 1 aromatic rings. The second-order valence-corrected chi connectivity index (χ2v) is 2.60. The minimum absolute atomic E-state index is 0.167. The molecule has 0 saturated heterocycles. The summed E-state index contributed by atoms with van der Waals surface area (Å²) < 4.78 is 4.97. The van der Waals surface area contributed by atoms with Crippen molar-refractivity contribution in [3.05, 3.63) is 29.3 Å². The molecule has 0 aliphatic carbocycles. The molecule has 68 valence electrons. The molecule has 0 amide bonds. The van der Waals surface area contributed by atoms with Gasteiger partial charge in [0.2, 0.25) is 0 Å². The van der Waals surface area contributed by atoms with Gasteiger partial charge in [-0.15, -0.1) is 0 Å². The van der Waals surface area contributed by atoms with E-state index in [2.05, 4.69) is 0 Å². The van der Waals surface area contributed by atoms with Crippen LogP contribution in [-0.4, -0.2) is 19.2 Å². The first kappa shape index (κ1) is 9.45. The lowest BCUT2D eigenvalue weighted by Gasteiger charge is -2.06. The summed E-state index contributed by atoms with van der Waals surface area (Å²) in [5, 5.41) is 0. The Morgan fingerprint density at radius 2 is 2.15 bits per heavy atom. The van der Waals surface area contributed by atoms with Crippen LogP contribution in [0.2, 0.25) is 0 Å². The topological polar surface area (TPSA) is 43.4 Å². The number of hydrogen-bond donors (Lipinski definition) is 0. The van der Waals surface area contributed by atoms with Crippen molar-refractivity contribution in [3.63, 3.8) is 0 Å². The molecule has 1 rings (SSSR count). The first-order valence-electron chi connectivity index (χ1n) is 3.83. The SMILES string of the molecule is COc1cccc(C=O)c1C(C)=O. The normalized spacial score (nSPS) is 9.38. The zero-order chi connectivity index (χ0) is 9.84. The fraction of sp³-hybridized carbons (Fsp3) is 0.200. The summed E-state index contributed by atoms with van der Waals surface area (Å²) in [6, 6.07) is 4.92. The first-order valence-corrected chi connectivity index (χ1v) is 3.83. The van der Waals surface area contributed by atoms with E-state index < -0.39 is 0 Å². The van der Waals surface area contributed by atoms with Crippen LogP contribution >= 0.6 is 0 Å². The number of carbonyl (C=O) groups excluding carboxylic acids is 2. The maximum absolute atomic E-state index is 11.2. The zero-order valence-electron chi connectivity index (χ0n) is 7.53. The van der Waals surface area contributed by atoms with Gasteiger partial charge in [-0.2, -0.15) is 0 Å². The second kappa shape index (κ2) is 3.85. The maximum Gasteiger partial charge on any atom is 0.164 e. The predicted molar refractivity (Wildman–Crippen MR) is 48.4 cm³/mol. The highest BCUT2D eigenvalue weighted by Crippen LogP contribution is 2.21. The van der Waals surface area contributed by atoms with Gasteiger partial charge < -0.3 is 4.74 Å². The molecule has 0 aliphatic heterocycles. The van der Waals surface area contributed by atoms with Crippen LogP contribution in [0.25, 0.3) is 0 Å². The van der Waals surface area contributed by atoms with Crippen LogP contribution < -0.4 is 4.74 Å². The molecule has 3 heteroatoms. The smallest absolute Gasteiger partial charge is 0.164 e. The fourth-order valence-corrected chi connectivity index (χ4v) is 1.19. The summed E-state index contributed by atoms with van der Waals surface area (Å²) in [7, 11) is 1.47. The summed E-state index contributed by atoms with van der Waals surface area (Å²) >= 11 is 0. The van der Waals surface area contributed by atoms with Gasteiger partial charge in [0.25, 0.3) is 0 Å². The van der Waals surface area contributed by atoms with Crippen molar-refractivity contribution in [3.8, 4) is 5.75 Å². The number of hydrogen-bond acceptors (Lipinski definition) is 3. The summed E-state index contributed by atoms with van der Waals surface area (Å²) in [5.74, 6) is 0.275. The third-order valence-corrected chi connectivity index (χ3v) is 1.76. The number of ether oxygens (including phenoxy) is 1. The average molecular weight is 178 g/mol. The number of carbonyl (C=O) groups is 2. The van der Waals surface area contributed by atoms with Gasteiger partial charge in [0.05, 0.1) is 12.7 Å². The number of aldehydes is 1. The van der Waals surface area contributed by atoms with Crippen LogP contribution in [0.3, 0.4) is 0 Å². The molecule has 0 bridgehead atoms. The standard InChI is InChI=1S/C10H10O3/c1-7(12)10-8(6-11)4-3-5-9(10)13-2/h3-6H,1-2H3. The van der Waals surface area contributed by atoms with Crippen molar-refractivity contribution in [2.75, 3.05) is 7.11 Å². The van der Waals surface area contributed by atoms with E-state index in [1.54, 1.807) is 18.2 Å². The predicted octanol–water partition coefficient (Wildman–Crippen LogP) is 1.71. The lowest BCUT2D eigenvalue weighted by molar-refractivity contribution is 0.100. The van der Waals surface area contributed by atoms with Crippen molar-refractivity contribution < 1.29 is 14.3 Å². The van der Waals surface area contributed by atoms with Gasteiger partial charge in [-0.3, -0.25) is 9.59 Å². The Balaban J connectivity index is 3.38. The molecule has 0 N–H and O–H groups in total. The van der Waals surface area contributed by atoms with Crippen LogP contribution in [0.4, 0.5) is 0 Å². The minimum Gasteiger partial charge on any atom is -0.496 e. The van der Waals surface area contributed by atoms with E-state index in [0.29, 0.717) is 23.2 Å². The van der Waals surface area contributed by atoms with Crippen molar-refractivity contribution in [2.24, 2.45) is 0 Å². The zero-order valence-corrected chi connectivity index (χ0v) is 7.53. The number of methoxy groups -OCH3 is 1. The van der Waals surface area contributed by atoms with Crippen LogP contribution in [0, 0.1) is 0 Å². The van der Waals surface area contributed by atoms with Gasteiger partial charge in [0, 0.05) is 5.56 Å². The van der Waals surface area contributed by atoms with Gasteiger partial charge in [-0.05, 0) is 13.0 Å². The first-order chi connectivity index (χ1) is 6.20. The highest BCUT2D eigenvalue weighted by molar-refractivity contribution is 6.03. The Morgan fingerprint density at radius 3 is 2.62 bits per heavy atom.